The summed E-state index contributed by atoms with van der Waals surface area (Å²) in [5, 5.41) is 0.654. The number of hydrogen-bond donors (Lipinski definition) is 0. The van der Waals surface area contributed by atoms with Crippen LogP contribution in [0.3, 0.4) is 0 Å². The fraction of sp³-hybridized carbons (Fsp3) is 0.0741. The Labute approximate surface area is 187 Å². The third-order valence-electron chi connectivity index (χ3n) is 4.81. The van der Waals surface area contributed by atoms with E-state index < -0.39 is 0 Å². The van der Waals surface area contributed by atoms with E-state index in [2.05, 4.69) is 11.6 Å². The average molecular weight is 428 g/mol. The fourth-order valence-electron chi connectivity index (χ4n) is 3.16. The molecule has 0 N–H and O–H groups in total. The minimum Gasteiger partial charge on any atom is -0.473 e. The Morgan fingerprint density at radius 3 is 2.06 bits per heavy atom. The number of hydrogen-bond acceptors (Lipinski definition) is 3. The maximum Gasteiger partial charge on any atom is 0.225 e. The van der Waals surface area contributed by atoms with Crippen molar-refractivity contribution in [2.24, 2.45) is 0 Å². The van der Waals surface area contributed by atoms with Gasteiger partial charge in [0.25, 0.3) is 0 Å². The predicted molar refractivity (Wildman–Crippen MR) is 126 cm³/mol. The number of nitrogens with zero attached hydrogens (tertiary/aromatic N) is 1. The number of aromatic nitrogens is 1. The molecule has 0 fully saturated rings. The molecule has 3 aromatic carbocycles. The number of benzene rings is 3. The van der Waals surface area contributed by atoms with Crippen LogP contribution in [0, 0.1) is 0 Å². The Bertz CT molecular complexity index is 1160. The summed E-state index contributed by atoms with van der Waals surface area (Å²) in [6.07, 6.45) is 1.74. The molecule has 154 valence electrons. The van der Waals surface area contributed by atoms with Gasteiger partial charge in [-0.2, -0.15) is 4.98 Å². The van der Waals surface area contributed by atoms with Gasteiger partial charge in [0, 0.05) is 16.7 Å². The van der Waals surface area contributed by atoms with E-state index in [-0.39, 0.29) is 0 Å². The lowest BCUT2D eigenvalue weighted by Crippen LogP contribution is -2.02. The van der Waals surface area contributed by atoms with Crippen molar-refractivity contribution in [1.29, 1.82) is 0 Å². The fourth-order valence-corrected chi connectivity index (χ4v) is 3.35. The van der Waals surface area contributed by atoms with E-state index in [1.165, 1.54) is 0 Å². The highest BCUT2D eigenvalue weighted by molar-refractivity contribution is 6.32. The van der Waals surface area contributed by atoms with Gasteiger partial charge in [0.15, 0.2) is 0 Å². The monoisotopic (exact) mass is 427 g/mol. The van der Waals surface area contributed by atoms with Gasteiger partial charge in [-0.1, -0.05) is 91.0 Å². The smallest absolute Gasteiger partial charge is 0.225 e. The van der Waals surface area contributed by atoms with E-state index in [9.17, 15) is 0 Å². The molecule has 0 atom stereocenters. The Morgan fingerprint density at radius 2 is 1.42 bits per heavy atom. The molecule has 31 heavy (non-hydrogen) atoms. The molecule has 0 saturated heterocycles. The Kier molecular flexibility index (Phi) is 6.65. The molecular weight excluding hydrogens is 406 g/mol. The maximum absolute atomic E-state index is 6.25. The van der Waals surface area contributed by atoms with Gasteiger partial charge < -0.3 is 9.47 Å². The van der Waals surface area contributed by atoms with E-state index in [4.69, 9.17) is 21.1 Å². The van der Waals surface area contributed by atoms with Crippen LogP contribution in [-0.2, 0) is 13.2 Å². The molecule has 0 aliphatic heterocycles. The topological polar surface area (TPSA) is 31.4 Å². The number of rotatable bonds is 8. The Morgan fingerprint density at radius 1 is 0.774 bits per heavy atom. The van der Waals surface area contributed by atoms with Crippen LogP contribution in [0.15, 0.2) is 97.6 Å². The summed E-state index contributed by atoms with van der Waals surface area (Å²) in [5.74, 6) is 1.01. The zero-order chi connectivity index (χ0) is 21.5. The predicted octanol–water partition coefficient (Wildman–Crippen LogP) is 7.20. The molecule has 4 rings (SSSR count). The first kappa shape index (κ1) is 20.7. The number of halogens is 1. The summed E-state index contributed by atoms with van der Waals surface area (Å²) in [6, 6.07) is 29.6. The van der Waals surface area contributed by atoms with Crippen LogP contribution in [0.25, 0.3) is 17.2 Å². The lowest BCUT2D eigenvalue weighted by Gasteiger charge is -2.14. The van der Waals surface area contributed by atoms with Gasteiger partial charge >= 0.3 is 0 Å². The molecule has 0 aliphatic rings. The van der Waals surface area contributed by atoms with E-state index >= 15 is 0 Å². The van der Waals surface area contributed by atoms with Gasteiger partial charge in [-0.05, 0) is 40.5 Å². The maximum atomic E-state index is 6.25. The van der Waals surface area contributed by atoms with Crippen LogP contribution < -0.4 is 9.47 Å². The molecule has 4 heteroatoms. The highest BCUT2D eigenvalue weighted by Gasteiger charge is 2.12. The van der Waals surface area contributed by atoms with Crippen LogP contribution in [0.1, 0.15) is 16.7 Å². The molecule has 0 radical (unpaired) electrons. The quantitative estimate of drug-likeness (QED) is 0.298. The van der Waals surface area contributed by atoms with Gasteiger partial charge in [0.05, 0.1) is 0 Å². The minimum atomic E-state index is 0.408. The molecule has 1 aromatic heterocycles. The molecule has 1 heterocycles. The van der Waals surface area contributed by atoms with E-state index in [1.807, 2.05) is 91.0 Å². The van der Waals surface area contributed by atoms with Crippen LogP contribution >= 0.6 is 11.6 Å². The Hall–Kier alpha value is -3.56. The van der Waals surface area contributed by atoms with Crippen molar-refractivity contribution in [3.8, 4) is 22.9 Å². The third-order valence-corrected chi connectivity index (χ3v) is 5.15. The van der Waals surface area contributed by atoms with Crippen molar-refractivity contribution in [1.82, 2.24) is 4.98 Å². The highest BCUT2D eigenvalue weighted by atomic mass is 35.5. The van der Waals surface area contributed by atoms with Crippen molar-refractivity contribution in [2.45, 2.75) is 13.2 Å². The SMILES string of the molecule is C=Cc1cc(-c2ccc(OCc3ccccc3)nc2OCc2ccccc2)ccc1Cl. The molecule has 0 spiro atoms. The molecule has 0 unspecified atom stereocenters. The highest BCUT2D eigenvalue weighted by Crippen LogP contribution is 2.33. The van der Waals surface area contributed by atoms with Crippen LogP contribution in [-0.4, -0.2) is 4.98 Å². The molecule has 0 bridgehead atoms. The van der Waals surface area contributed by atoms with Crippen LogP contribution in [0.2, 0.25) is 5.02 Å². The summed E-state index contributed by atoms with van der Waals surface area (Å²) >= 11 is 6.25. The first-order valence-corrected chi connectivity index (χ1v) is 10.4. The standard InChI is InChI=1S/C27H22ClNO2/c1-2-22-17-23(13-15-25(22)28)24-14-16-26(30-18-20-9-5-3-6-10-20)29-27(24)31-19-21-11-7-4-8-12-21/h2-17H,1,18-19H2. The number of ether oxygens (including phenoxy) is 2. The summed E-state index contributed by atoms with van der Waals surface area (Å²) in [4.78, 5) is 4.65. The van der Waals surface area contributed by atoms with Crippen molar-refractivity contribution in [2.75, 3.05) is 0 Å². The Balaban J connectivity index is 1.63. The molecular formula is C27H22ClNO2. The van der Waals surface area contributed by atoms with Gasteiger partial charge in [-0.15, -0.1) is 0 Å². The molecule has 3 nitrogen and oxygen atoms in total. The first-order chi connectivity index (χ1) is 15.2. The average Bonchev–Trinajstić information content (AvgIpc) is 2.83. The van der Waals surface area contributed by atoms with Gasteiger partial charge in [0.1, 0.15) is 13.2 Å². The van der Waals surface area contributed by atoms with Crippen LogP contribution in [0.5, 0.6) is 11.8 Å². The second-order valence-electron chi connectivity index (χ2n) is 6.99. The molecule has 4 aromatic rings. The zero-order valence-electron chi connectivity index (χ0n) is 17.0. The van der Waals surface area contributed by atoms with Crippen molar-refractivity contribution < 1.29 is 9.47 Å². The third kappa shape index (κ3) is 5.33. The summed E-state index contributed by atoms with van der Waals surface area (Å²) in [6.45, 7) is 4.69. The van der Waals surface area contributed by atoms with Gasteiger partial charge in [-0.3, -0.25) is 0 Å². The lowest BCUT2D eigenvalue weighted by molar-refractivity contribution is 0.268. The largest absolute Gasteiger partial charge is 0.473 e. The van der Waals surface area contributed by atoms with E-state index in [1.54, 1.807) is 6.08 Å². The lowest BCUT2D eigenvalue weighted by atomic mass is 10.0. The molecule has 0 aliphatic carbocycles. The van der Waals surface area contributed by atoms with Crippen LogP contribution in [0.4, 0.5) is 0 Å². The van der Waals surface area contributed by atoms with Gasteiger partial charge in [-0.25, -0.2) is 0 Å². The van der Waals surface area contributed by atoms with Crippen molar-refractivity contribution >= 4 is 17.7 Å². The first-order valence-electron chi connectivity index (χ1n) is 10.00. The second-order valence-corrected chi connectivity index (χ2v) is 7.40. The van der Waals surface area contributed by atoms with Crippen molar-refractivity contribution in [3.63, 3.8) is 0 Å². The van der Waals surface area contributed by atoms with Gasteiger partial charge in [0.2, 0.25) is 11.8 Å². The van der Waals surface area contributed by atoms with Crippen molar-refractivity contribution in [3.05, 3.63) is 119 Å². The minimum absolute atomic E-state index is 0.408. The second kappa shape index (κ2) is 9.96. The number of pyridine rings is 1. The summed E-state index contributed by atoms with van der Waals surface area (Å²) < 4.78 is 12.0. The summed E-state index contributed by atoms with van der Waals surface area (Å²) in [7, 11) is 0. The van der Waals surface area contributed by atoms with E-state index in [0.29, 0.717) is 30.0 Å². The van der Waals surface area contributed by atoms with E-state index in [0.717, 1.165) is 27.8 Å². The normalized spacial score (nSPS) is 10.5. The zero-order valence-corrected chi connectivity index (χ0v) is 17.8. The molecule has 0 amide bonds. The summed E-state index contributed by atoms with van der Waals surface area (Å²) in [5.41, 5.74) is 4.81. The molecule has 0 saturated carbocycles.